The van der Waals surface area contributed by atoms with Crippen LogP contribution in [0.1, 0.15) is 66.0 Å². The third kappa shape index (κ3) is 3.41. The van der Waals surface area contributed by atoms with Gasteiger partial charge in [0.1, 0.15) is 11.5 Å². The van der Waals surface area contributed by atoms with Crippen LogP contribution in [0.25, 0.3) is 0 Å². The summed E-state index contributed by atoms with van der Waals surface area (Å²) in [5, 5.41) is 21.3. The normalized spacial score (nSPS) is 12.0. The summed E-state index contributed by atoms with van der Waals surface area (Å²) in [5.74, 6) is 3.17. The Labute approximate surface area is 145 Å². The number of aromatic hydroxyl groups is 2. The van der Waals surface area contributed by atoms with Crippen LogP contribution in [0, 0.1) is 26.2 Å². The predicted molar refractivity (Wildman–Crippen MR) is 99.8 cm³/mol. The molecule has 0 saturated carbocycles. The average molecular weight is 322 g/mol. The molecule has 0 aliphatic carbocycles. The van der Waals surface area contributed by atoms with Crippen LogP contribution in [0.4, 0.5) is 0 Å². The van der Waals surface area contributed by atoms with Gasteiger partial charge < -0.3 is 10.2 Å². The smallest absolute Gasteiger partial charge is 0.122 e. The molecule has 0 fully saturated rings. The van der Waals surface area contributed by atoms with Crippen LogP contribution in [-0.4, -0.2) is 10.2 Å². The second kappa shape index (κ2) is 7.45. The molecule has 0 bridgehead atoms. The second-order valence-corrected chi connectivity index (χ2v) is 6.42. The standard InChI is InChI=1S/C22H26O2/c1-6-9-18(19-12-16(7-2)10-14(4)21(19)23)20-13-17(8-3)11-15(5)22(20)24/h2,10-13,18,23-24H,6,8-9H2,1,3-5H3. The monoisotopic (exact) mass is 322 g/mol. The van der Waals surface area contributed by atoms with Crippen LogP contribution < -0.4 is 0 Å². The summed E-state index contributed by atoms with van der Waals surface area (Å²) in [6.45, 7) is 7.99. The highest BCUT2D eigenvalue weighted by atomic mass is 16.3. The average Bonchev–Trinajstić information content (AvgIpc) is 2.58. The Morgan fingerprint density at radius 3 is 2.08 bits per heavy atom. The van der Waals surface area contributed by atoms with Crippen LogP contribution in [0.15, 0.2) is 24.3 Å². The molecule has 2 nitrogen and oxygen atoms in total. The Kier molecular flexibility index (Phi) is 5.57. The third-order valence-corrected chi connectivity index (χ3v) is 4.62. The van der Waals surface area contributed by atoms with Gasteiger partial charge >= 0.3 is 0 Å². The summed E-state index contributed by atoms with van der Waals surface area (Å²) < 4.78 is 0. The number of rotatable bonds is 5. The van der Waals surface area contributed by atoms with E-state index in [1.807, 2.05) is 32.0 Å². The van der Waals surface area contributed by atoms with Gasteiger partial charge in [0.2, 0.25) is 0 Å². The van der Waals surface area contributed by atoms with E-state index in [1.165, 1.54) is 5.56 Å². The van der Waals surface area contributed by atoms with Crippen molar-refractivity contribution in [3.63, 3.8) is 0 Å². The first kappa shape index (κ1) is 17.9. The lowest BCUT2D eigenvalue weighted by molar-refractivity contribution is 0.446. The molecule has 1 unspecified atom stereocenters. The van der Waals surface area contributed by atoms with Crippen LogP contribution >= 0.6 is 0 Å². The first-order chi connectivity index (χ1) is 11.4. The van der Waals surface area contributed by atoms with Crippen molar-refractivity contribution in [2.45, 2.75) is 52.9 Å². The van der Waals surface area contributed by atoms with Crippen molar-refractivity contribution in [3.8, 4) is 23.8 Å². The zero-order valence-corrected chi connectivity index (χ0v) is 15.0. The zero-order chi connectivity index (χ0) is 17.9. The largest absolute Gasteiger partial charge is 0.507 e. The van der Waals surface area contributed by atoms with Crippen molar-refractivity contribution >= 4 is 0 Å². The Balaban J connectivity index is 2.70. The van der Waals surface area contributed by atoms with Gasteiger partial charge in [-0.3, -0.25) is 0 Å². The summed E-state index contributed by atoms with van der Waals surface area (Å²) >= 11 is 0. The Bertz CT molecular complexity index is 782. The molecule has 0 aromatic heterocycles. The van der Waals surface area contributed by atoms with Gasteiger partial charge in [0, 0.05) is 22.6 Å². The van der Waals surface area contributed by atoms with Gasteiger partial charge in [-0.2, -0.15) is 0 Å². The number of aryl methyl sites for hydroxylation is 3. The van der Waals surface area contributed by atoms with Crippen molar-refractivity contribution in [2.24, 2.45) is 0 Å². The maximum absolute atomic E-state index is 10.6. The van der Waals surface area contributed by atoms with Crippen LogP contribution in [0.3, 0.4) is 0 Å². The SMILES string of the molecule is C#Cc1cc(C)c(O)c(C(CCC)c2cc(CC)cc(C)c2O)c1. The molecule has 2 aromatic carbocycles. The lowest BCUT2D eigenvalue weighted by atomic mass is 9.83. The van der Waals surface area contributed by atoms with Crippen molar-refractivity contribution in [2.75, 3.05) is 0 Å². The molecule has 0 radical (unpaired) electrons. The summed E-state index contributed by atoms with van der Waals surface area (Å²) in [6.07, 6.45) is 8.25. The number of hydrogen-bond acceptors (Lipinski definition) is 2. The topological polar surface area (TPSA) is 40.5 Å². The van der Waals surface area contributed by atoms with Crippen LogP contribution in [-0.2, 0) is 6.42 Å². The molecular weight excluding hydrogens is 296 g/mol. The maximum atomic E-state index is 10.6. The Morgan fingerprint density at radius 2 is 1.54 bits per heavy atom. The summed E-state index contributed by atoms with van der Waals surface area (Å²) in [5.41, 5.74) is 5.25. The molecule has 2 rings (SSSR count). The van der Waals surface area contributed by atoms with Crippen LogP contribution in [0.5, 0.6) is 11.5 Å². The zero-order valence-electron chi connectivity index (χ0n) is 15.0. The number of terminal acetylenes is 1. The summed E-state index contributed by atoms with van der Waals surface area (Å²) in [6, 6.07) is 7.76. The summed E-state index contributed by atoms with van der Waals surface area (Å²) in [7, 11) is 0. The van der Waals surface area contributed by atoms with E-state index in [0.717, 1.165) is 47.1 Å². The fourth-order valence-corrected chi connectivity index (χ4v) is 3.28. The van der Waals surface area contributed by atoms with E-state index in [9.17, 15) is 10.2 Å². The number of phenolic OH excluding ortho intramolecular Hbond substituents is 2. The maximum Gasteiger partial charge on any atom is 0.122 e. The number of benzene rings is 2. The van der Waals surface area contributed by atoms with E-state index < -0.39 is 0 Å². The van der Waals surface area contributed by atoms with E-state index in [0.29, 0.717) is 5.75 Å². The van der Waals surface area contributed by atoms with E-state index in [2.05, 4.69) is 25.8 Å². The number of hydrogen-bond donors (Lipinski definition) is 2. The minimum absolute atomic E-state index is 0.0767. The molecule has 126 valence electrons. The minimum atomic E-state index is -0.0767. The van der Waals surface area contributed by atoms with E-state index in [-0.39, 0.29) is 11.7 Å². The van der Waals surface area contributed by atoms with Crippen molar-refractivity contribution in [1.29, 1.82) is 0 Å². The lowest BCUT2D eigenvalue weighted by Crippen LogP contribution is -2.05. The molecule has 0 amide bonds. The molecule has 24 heavy (non-hydrogen) atoms. The van der Waals surface area contributed by atoms with Gasteiger partial charge in [-0.15, -0.1) is 6.42 Å². The molecule has 2 heteroatoms. The van der Waals surface area contributed by atoms with Gasteiger partial charge in [-0.1, -0.05) is 38.3 Å². The van der Waals surface area contributed by atoms with Gasteiger partial charge in [0.15, 0.2) is 0 Å². The van der Waals surface area contributed by atoms with Gasteiger partial charge in [0.25, 0.3) is 0 Å². The molecule has 1 atom stereocenters. The third-order valence-electron chi connectivity index (χ3n) is 4.62. The van der Waals surface area contributed by atoms with Crippen LogP contribution in [0.2, 0.25) is 0 Å². The van der Waals surface area contributed by atoms with Gasteiger partial charge in [-0.25, -0.2) is 0 Å². The first-order valence-electron chi connectivity index (χ1n) is 8.55. The highest BCUT2D eigenvalue weighted by molar-refractivity contribution is 5.55. The molecule has 0 spiro atoms. The van der Waals surface area contributed by atoms with Crippen molar-refractivity contribution in [3.05, 3.63) is 57.6 Å². The minimum Gasteiger partial charge on any atom is -0.507 e. The van der Waals surface area contributed by atoms with E-state index >= 15 is 0 Å². The van der Waals surface area contributed by atoms with Crippen molar-refractivity contribution in [1.82, 2.24) is 0 Å². The summed E-state index contributed by atoms with van der Waals surface area (Å²) in [4.78, 5) is 0. The van der Waals surface area contributed by atoms with E-state index in [1.54, 1.807) is 0 Å². The Morgan fingerprint density at radius 1 is 0.958 bits per heavy atom. The molecule has 0 saturated heterocycles. The first-order valence-corrected chi connectivity index (χ1v) is 8.55. The molecule has 2 N–H and O–H groups in total. The molecule has 0 aliphatic rings. The Hall–Kier alpha value is -2.40. The molecule has 2 aromatic rings. The highest BCUT2D eigenvalue weighted by Crippen LogP contribution is 2.42. The fourth-order valence-electron chi connectivity index (χ4n) is 3.28. The highest BCUT2D eigenvalue weighted by Gasteiger charge is 2.23. The molecule has 0 aliphatic heterocycles. The predicted octanol–water partition coefficient (Wildman–Crippen LogP) is 5.19. The quantitative estimate of drug-likeness (QED) is 0.744. The lowest BCUT2D eigenvalue weighted by Gasteiger charge is -2.22. The number of phenols is 2. The van der Waals surface area contributed by atoms with Gasteiger partial charge in [0.05, 0.1) is 0 Å². The van der Waals surface area contributed by atoms with E-state index in [4.69, 9.17) is 6.42 Å². The fraction of sp³-hybridized carbons (Fsp3) is 0.364. The van der Waals surface area contributed by atoms with Gasteiger partial charge in [-0.05, 0) is 55.5 Å². The second-order valence-electron chi connectivity index (χ2n) is 6.42. The molecular formula is C22H26O2. The van der Waals surface area contributed by atoms with Crippen molar-refractivity contribution < 1.29 is 10.2 Å². The molecule has 0 heterocycles.